The normalized spacial score (nSPS) is 11.6. The highest BCUT2D eigenvalue weighted by Crippen LogP contribution is 2.27. The Labute approximate surface area is 162 Å². The average molecular weight is 425 g/mol. The molecule has 0 bridgehead atoms. The predicted molar refractivity (Wildman–Crippen MR) is 97.3 cm³/mol. The third-order valence-corrected chi connectivity index (χ3v) is 4.71. The number of amides is 1. The number of halogens is 5. The maximum Gasteiger partial charge on any atom is 0.389 e. The lowest BCUT2D eigenvalue weighted by Gasteiger charge is -2.20. The molecule has 11 heteroatoms. The molecule has 0 spiro atoms. The van der Waals surface area contributed by atoms with E-state index in [2.05, 4.69) is 10.1 Å². The maximum atomic E-state index is 12.9. The molecule has 0 saturated heterocycles. The Balaban J connectivity index is 2.02. The minimum absolute atomic E-state index is 0.0189. The first-order valence-corrected chi connectivity index (χ1v) is 9.51. The summed E-state index contributed by atoms with van der Waals surface area (Å²) in [5.41, 5.74) is 0.851. The summed E-state index contributed by atoms with van der Waals surface area (Å²) in [6.45, 7) is -1.01. The fraction of sp³-hybridized carbons (Fsp3) is 0.438. The molecular formula is C16H17ClF4N4OS. The number of carbonyl (C=O) groups is 1. The van der Waals surface area contributed by atoms with E-state index in [1.54, 1.807) is 24.5 Å². The van der Waals surface area contributed by atoms with Crippen molar-refractivity contribution in [2.75, 3.05) is 29.6 Å². The molecule has 1 amide bonds. The largest absolute Gasteiger partial charge is 0.389 e. The molecule has 5 nitrogen and oxygen atoms in total. The van der Waals surface area contributed by atoms with E-state index in [4.69, 9.17) is 11.6 Å². The van der Waals surface area contributed by atoms with Gasteiger partial charge in [-0.25, -0.2) is 9.07 Å². The van der Waals surface area contributed by atoms with Gasteiger partial charge >= 0.3 is 6.18 Å². The fourth-order valence-corrected chi connectivity index (χ4v) is 3.33. The number of rotatable bonds is 9. The highest BCUT2D eigenvalue weighted by atomic mass is 35.5. The highest BCUT2D eigenvalue weighted by Gasteiger charge is 2.26. The van der Waals surface area contributed by atoms with E-state index in [0.29, 0.717) is 5.69 Å². The van der Waals surface area contributed by atoms with Crippen LogP contribution in [-0.4, -0.2) is 51.6 Å². The molecule has 0 fully saturated rings. The van der Waals surface area contributed by atoms with Crippen LogP contribution in [0.4, 0.5) is 23.2 Å². The van der Waals surface area contributed by atoms with Crippen molar-refractivity contribution in [3.8, 4) is 5.69 Å². The molecule has 0 saturated carbocycles. The van der Waals surface area contributed by atoms with E-state index >= 15 is 0 Å². The van der Waals surface area contributed by atoms with Crippen molar-refractivity contribution in [3.63, 3.8) is 0 Å². The number of thioether (sulfide) groups is 1. The molecule has 0 aliphatic carbocycles. The Morgan fingerprint density at radius 2 is 2.11 bits per heavy atom. The monoisotopic (exact) mass is 424 g/mol. The Morgan fingerprint density at radius 1 is 1.33 bits per heavy atom. The Morgan fingerprint density at radius 3 is 2.74 bits per heavy atom. The van der Waals surface area contributed by atoms with Gasteiger partial charge in [0.2, 0.25) is 5.91 Å². The lowest BCUT2D eigenvalue weighted by Crippen LogP contribution is -2.33. The van der Waals surface area contributed by atoms with Crippen molar-refractivity contribution in [1.29, 1.82) is 0 Å². The summed E-state index contributed by atoms with van der Waals surface area (Å²) >= 11 is 7.13. The second-order valence-electron chi connectivity index (χ2n) is 5.42. The molecule has 0 aliphatic rings. The second kappa shape index (κ2) is 9.93. The van der Waals surface area contributed by atoms with Crippen molar-refractivity contribution >= 4 is 35.0 Å². The van der Waals surface area contributed by atoms with E-state index < -0.39 is 25.2 Å². The molecule has 2 aromatic heterocycles. The number of carbonyl (C=O) groups excluding carboxylic acids is 1. The molecule has 2 heterocycles. The van der Waals surface area contributed by atoms with Crippen LogP contribution in [-0.2, 0) is 4.79 Å². The zero-order chi connectivity index (χ0) is 19.9. The number of aromatic nitrogens is 3. The summed E-state index contributed by atoms with van der Waals surface area (Å²) in [6.07, 6.45) is -0.535. The van der Waals surface area contributed by atoms with Gasteiger partial charge in [0, 0.05) is 24.1 Å². The average Bonchev–Trinajstić information content (AvgIpc) is 3.00. The zero-order valence-corrected chi connectivity index (χ0v) is 15.7. The van der Waals surface area contributed by atoms with E-state index in [-0.39, 0.29) is 35.3 Å². The summed E-state index contributed by atoms with van der Waals surface area (Å²) < 4.78 is 50.7. The summed E-state index contributed by atoms with van der Waals surface area (Å²) in [4.78, 5) is 17.5. The van der Waals surface area contributed by atoms with E-state index in [1.165, 1.54) is 10.9 Å². The number of hydrogen-bond acceptors (Lipinski definition) is 4. The summed E-state index contributed by atoms with van der Waals surface area (Å²) in [7, 11) is 0. The first-order valence-electron chi connectivity index (χ1n) is 7.98. The van der Waals surface area contributed by atoms with Crippen molar-refractivity contribution in [2.45, 2.75) is 19.0 Å². The lowest BCUT2D eigenvalue weighted by atomic mass is 10.3. The van der Waals surface area contributed by atoms with Crippen molar-refractivity contribution in [3.05, 3.63) is 35.9 Å². The van der Waals surface area contributed by atoms with Gasteiger partial charge in [-0.15, -0.1) is 0 Å². The number of hydrogen-bond donors (Lipinski definition) is 0. The Kier molecular flexibility index (Phi) is 7.91. The van der Waals surface area contributed by atoms with Crippen LogP contribution in [0, 0.1) is 0 Å². The minimum Gasteiger partial charge on any atom is -0.306 e. The van der Waals surface area contributed by atoms with Crippen molar-refractivity contribution in [2.24, 2.45) is 0 Å². The Hall–Kier alpha value is -1.81. The van der Waals surface area contributed by atoms with Gasteiger partial charge in [-0.2, -0.15) is 30.0 Å². The van der Waals surface area contributed by atoms with Gasteiger partial charge in [0.15, 0.2) is 5.15 Å². The van der Waals surface area contributed by atoms with Gasteiger partial charge < -0.3 is 4.90 Å². The van der Waals surface area contributed by atoms with Gasteiger partial charge in [0.25, 0.3) is 0 Å². The number of pyridine rings is 1. The third kappa shape index (κ3) is 6.69. The van der Waals surface area contributed by atoms with Crippen LogP contribution in [0.25, 0.3) is 5.69 Å². The smallest absolute Gasteiger partial charge is 0.306 e. The Bertz CT molecular complexity index is 742. The van der Waals surface area contributed by atoms with Gasteiger partial charge in [-0.05, 0) is 12.1 Å². The fourth-order valence-electron chi connectivity index (χ4n) is 2.19. The SMILES string of the molecule is O=C(CCSCCC(F)(F)F)N(CCF)c1cn(-c2cccnc2)nc1Cl. The molecule has 0 atom stereocenters. The van der Waals surface area contributed by atoms with Crippen molar-refractivity contribution in [1.82, 2.24) is 14.8 Å². The molecule has 148 valence electrons. The van der Waals surface area contributed by atoms with Gasteiger partial charge in [0.1, 0.15) is 12.4 Å². The molecule has 0 radical (unpaired) electrons. The summed E-state index contributed by atoms with van der Waals surface area (Å²) in [6, 6.07) is 3.44. The van der Waals surface area contributed by atoms with Crippen LogP contribution >= 0.6 is 23.4 Å². The van der Waals surface area contributed by atoms with Crippen LogP contribution in [0.2, 0.25) is 5.15 Å². The molecule has 2 aromatic rings. The highest BCUT2D eigenvalue weighted by molar-refractivity contribution is 7.99. The third-order valence-electron chi connectivity index (χ3n) is 3.45. The number of nitrogens with zero attached hydrogens (tertiary/aromatic N) is 4. The molecule has 0 N–H and O–H groups in total. The van der Waals surface area contributed by atoms with Crippen LogP contribution in [0.5, 0.6) is 0 Å². The molecule has 27 heavy (non-hydrogen) atoms. The minimum atomic E-state index is -4.22. The van der Waals surface area contributed by atoms with Gasteiger partial charge in [-0.1, -0.05) is 11.6 Å². The summed E-state index contributed by atoms with van der Waals surface area (Å²) in [5, 5.41) is 4.12. The van der Waals surface area contributed by atoms with Crippen molar-refractivity contribution < 1.29 is 22.4 Å². The number of anilines is 1. The first-order chi connectivity index (χ1) is 12.8. The zero-order valence-electron chi connectivity index (χ0n) is 14.1. The van der Waals surface area contributed by atoms with Gasteiger partial charge in [0.05, 0.1) is 31.0 Å². The standard InChI is InChI=1S/C16H17ClF4N4OS/c17-15-13(11-25(23-15)12-2-1-6-22-10-12)24(7-5-18)14(26)3-8-27-9-4-16(19,20)21/h1-2,6,10-11H,3-5,7-9H2. The van der Waals surface area contributed by atoms with E-state index in [0.717, 1.165) is 16.7 Å². The molecule has 0 aliphatic heterocycles. The topological polar surface area (TPSA) is 51.0 Å². The number of alkyl halides is 4. The maximum absolute atomic E-state index is 12.9. The lowest BCUT2D eigenvalue weighted by molar-refractivity contribution is -0.129. The molecular weight excluding hydrogens is 408 g/mol. The van der Waals surface area contributed by atoms with Crippen LogP contribution in [0.15, 0.2) is 30.7 Å². The van der Waals surface area contributed by atoms with E-state index in [1.807, 2.05) is 0 Å². The van der Waals surface area contributed by atoms with Crippen LogP contribution in [0.1, 0.15) is 12.8 Å². The summed E-state index contributed by atoms with van der Waals surface area (Å²) in [5.74, 6) is -0.356. The second-order valence-corrected chi connectivity index (χ2v) is 7.01. The van der Waals surface area contributed by atoms with Gasteiger partial charge in [-0.3, -0.25) is 9.78 Å². The van der Waals surface area contributed by atoms with E-state index in [9.17, 15) is 22.4 Å². The predicted octanol–water partition coefficient (Wildman–Crippen LogP) is 4.30. The quantitative estimate of drug-likeness (QED) is 0.445. The first kappa shape index (κ1) is 21.5. The molecule has 2 rings (SSSR count). The molecule has 0 aromatic carbocycles. The molecule has 0 unspecified atom stereocenters. The van der Waals surface area contributed by atoms with Crippen LogP contribution in [0.3, 0.4) is 0 Å². The van der Waals surface area contributed by atoms with Crippen LogP contribution < -0.4 is 4.90 Å².